The van der Waals surface area contributed by atoms with E-state index in [0.29, 0.717) is 31.0 Å². The topological polar surface area (TPSA) is 76.2 Å². The van der Waals surface area contributed by atoms with Crippen molar-refractivity contribution in [3.05, 3.63) is 47.6 Å². The molecule has 0 aliphatic rings. The fourth-order valence-corrected chi connectivity index (χ4v) is 1.63. The van der Waals surface area contributed by atoms with E-state index in [9.17, 15) is 4.79 Å². The van der Waals surface area contributed by atoms with Crippen LogP contribution in [0.5, 0.6) is 0 Å². The quantitative estimate of drug-likeness (QED) is 0.844. The molecular weight excluding hydrogens is 232 g/mol. The van der Waals surface area contributed by atoms with Gasteiger partial charge in [0.1, 0.15) is 0 Å². The lowest BCUT2D eigenvalue weighted by atomic mass is 10.1. The van der Waals surface area contributed by atoms with E-state index >= 15 is 0 Å². The molecule has 1 heterocycles. The molecule has 18 heavy (non-hydrogen) atoms. The van der Waals surface area contributed by atoms with Gasteiger partial charge in [0.05, 0.1) is 0 Å². The van der Waals surface area contributed by atoms with Gasteiger partial charge in [0, 0.05) is 19.3 Å². The fourth-order valence-electron chi connectivity index (χ4n) is 1.63. The van der Waals surface area contributed by atoms with Crippen molar-refractivity contribution < 1.29 is 14.4 Å². The van der Waals surface area contributed by atoms with Gasteiger partial charge in [-0.05, 0) is 12.0 Å². The van der Waals surface area contributed by atoms with Gasteiger partial charge in [-0.1, -0.05) is 35.5 Å². The molecule has 0 aliphatic heterocycles. The van der Waals surface area contributed by atoms with Crippen molar-refractivity contribution >= 4 is 5.97 Å². The number of carboxylic acids is 1. The largest absolute Gasteiger partial charge is 0.481 e. The Bertz CT molecular complexity index is 508. The molecular formula is C13H14N2O3. The second-order valence-corrected chi connectivity index (χ2v) is 4.01. The predicted molar refractivity (Wildman–Crippen MR) is 64.1 cm³/mol. The summed E-state index contributed by atoms with van der Waals surface area (Å²) >= 11 is 0. The highest BCUT2D eigenvalue weighted by Crippen LogP contribution is 2.08. The molecule has 5 heteroatoms. The number of aliphatic carboxylic acids is 1. The number of carbonyl (C=O) groups is 1. The number of aryl methyl sites for hydroxylation is 1. The van der Waals surface area contributed by atoms with E-state index in [2.05, 4.69) is 10.1 Å². The third kappa shape index (κ3) is 3.69. The first-order valence-electron chi connectivity index (χ1n) is 5.81. The Morgan fingerprint density at radius 1 is 1.28 bits per heavy atom. The summed E-state index contributed by atoms with van der Waals surface area (Å²) in [4.78, 5) is 14.6. The lowest BCUT2D eigenvalue weighted by Crippen LogP contribution is -1.96. The Morgan fingerprint density at radius 3 is 2.78 bits per heavy atom. The van der Waals surface area contributed by atoms with Crippen molar-refractivity contribution in [2.45, 2.75) is 25.7 Å². The van der Waals surface area contributed by atoms with Crippen LogP contribution in [0.4, 0.5) is 0 Å². The van der Waals surface area contributed by atoms with Crippen molar-refractivity contribution in [2.24, 2.45) is 0 Å². The first-order valence-corrected chi connectivity index (χ1v) is 5.81. The fraction of sp³-hybridized carbons (Fsp3) is 0.308. The molecule has 0 unspecified atom stereocenters. The average molecular weight is 246 g/mol. The number of hydrogen-bond acceptors (Lipinski definition) is 4. The van der Waals surface area contributed by atoms with Crippen LogP contribution in [0, 0.1) is 0 Å². The summed E-state index contributed by atoms with van der Waals surface area (Å²) in [5, 5.41) is 12.4. The first kappa shape index (κ1) is 12.3. The van der Waals surface area contributed by atoms with Crippen LogP contribution in [0.15, 0.2) is 34.9 Å². The van der Waals surface area contributed by atoms with Gasteiger partial charge in [-0.15, -0.1) is 0 Å². The summed E-state index contributed by atoms with van der Waals surface area (Å²) in [6, 6.07) is 9.88. The minimum absolute atomic E-state index is 0.121. The molecule has 0 radical (unpaired) electrons. The maximum atomic E-state index is 10.4. The Morgan fingerprint density at radius 2 is 2.06 bits per heavy atom. The van der Waals surface area contributed by atoms with Crippen molar-refractivity contribution in [3.63, 3.8) is 0 Å². The van der Waals surface area contributed by atoms with E-state index < -0.39 is 5.97 Å². The molecule has 0 fully saturated rings. The lowest BCUT2D eigenvalue weighted by molar-refractivity contribution is -0.137. The molecule has 2 rings (SSSR count). The second kappa shape index (κ2) is 5.95. The number of aromatic nitrogens is 2. The number of benzene rings is 1. The maximum absolute atomic E-state index is 10.4. The summed E-state index contributed by atoms with van der Waals surface area (Å²) in [6.45, 7) is 0. The second-order valence-electron chi connectivity index (χ2n) is 4.01. The smallest absolute Gasteiger partial charge is 0.303 e. The number of hydrogen-bond donors (Lipinski definition) is 1. The van der Waals surface area contributed by atoms with Gasteiger partial charge < -0.3 is 9.63 Å². The third-order valence-electron chi connectivity index (χ3n) is 2.50. The summed E-state index contributed by atoms with van der Waals surface area (Å²) in [5.74, 6) is 0.327. The van der Waals surface area contributed by atoms with Crippen LogP contribution in [0.3, 0.4) is 0 Å². The zero-order valence-corrected chi connectivity index (χ0v) is 9.87. The molecule has 0 atom stereocenters. The SMILES string of the molecule is O=C(O)CCCc1nc(Cc2ccccc2)no1. The van der Waals surface area contributed by atoms with Crippen molar-refractivity contribution in [1.29, 1.82) is 0 Å². The summed E-state index contributed by atoms with van der Waals surface area (Å²) < 4.78 is 5.06. The molecule has 0 amide bonds. The van der Waals surface area contributed by atoms with E-state index in [0.717, 1.165) is 5.56 Å². The molecule has 1 aromatic carbocycles. The molecule has 5 nitrogen and oxygen atoms in total. The van der Waals surface area contributed by atoms with Gasteiger partial charge in [-0.25, -0.2) is 0 Å². The van der Waals surface area contributed by atoms with Gasteiger partial charge in [0.15, 0.2) is 5.82 Å². The highest BCUT2D eigenvalue weighted by atomic mass is 16.5. The number of rotatable bonds is 6. The minimum Gasteiger partial charge on any atom is -0.481 e. The monoisotopic (exact) mass is 246 g/mol. The third-order valence-corrected chi connectivity index (χ3v) is 2.50. The van der Waals surface area contributed by atoms with Gasteiger partial charge in [-0.2, -0.15) is 4.98 Å². The maximum Gasteiger partial charge on any atom is 0.303 e. The molecule has 0 saturated carbocycles. The Labute approximate surface area is 104 Å². The molecule has 1 N–H and O–H groups in total. The van der Waals surface area contributed by atoms with E-state index in [1.165, 1.54) is 0 Å². The lowest BCUT2D eigenvalue weighted by Gasteiger charge is -1.94. The average Bonchev–Trinajstić information content (AvgIpc) is 2.78. The van der Waals surface area contributed by atoms with Crippen molar-refractivity contribution in [3.8, 4) is 0 Å². The normalized spacial score (nSPS) is 10.4. The Balaban J connectivity index is 1.88. The number of carboxylic acid groups (broad SMARTS) is 1. The van der Waals surface area contributed by atoms with Crippen LogP contribution < -0.4 is 0 Å². The molecule has 2 aromatic rings. The Hall–Kier alpha value is -2.17. The van der Waals surface area contributed by atoms with E-state index in [-0.39, 0.29) is 6.42 Å². The highest BCUT2D eigenvalue weighted by molar-refractivity contribution is 5.66. The first-order chi connectivity index (χ1) is 8.74. The van der Waals surface area contributed by atoms with Crippen molar-refractivity contribution in [2.75, 3.05) is 0 Å². The molecule has 0 aliphatic carbocycles. The van der Waals surface area contributed by atoms with Crippen molar-refractivity contribution in [1.82, 2.24) is 10.1 Å². The molecule has 94 valence electrons. The standard InChI is InChI=1S/C13H14N2O3/c16-13(17)8-4-7-12-14-11(15-18-12)9-10-5-2-1-3-6-10/h1-3,5-6H,4,7-9H2,(H,16,17). The van der Waals surface area contributed by atoms with E-state index in [1.54, 1.807) is 0 Å². The Kier molecular flexibility index (Phi) is 4.06. The van der Waals surface area contributed by atoms with Gasteiger partial charge in [0.2, 0.25) is 5.89 Å². The summed E-state index contributed by atoms with van der Waals surface area (Å²) in [7, 11) is 0. The summed E-state index contributed by atoms with van der Waals surface area (Å²) in [6.07, 6.45) is 1.77. The van der Waals surface area contributed by atoms with Gasteiger partial charge in [-0.3, -0.25) is 4.79 Å². The van der Waals surface area contributed by atoms with Crippen LogP contribution in [0.25, 0.3) is 0 Å². The van der Waals surface area contributed by atoms with Gasteiger partial charge in [0.25, 0.3) is 0 Å². The van der Waals surface area contributed by atoms with Crippen LogP contribution in [-0.4, -0.2) is 21.2 Å². The summed E-state index contributed by atoms with van der Waals surface area (Å²) in [5.41, 5.74) is 1.12. The minimum atomic E-state index is -0.806. The zero-order chi connectivity index (χ0) is 12.8. The van der Waals surface area contributed by atoms with Crippen LogP contribution in [0.2, 0.25) is 0 Å². The zero-order valence-electron chi connectivity index (χ0n) is 9.87. The number of nitrogens with zero attached hydrogens (tertiary/aromatic N) is 2. The van der Waals surface area contributed by atoms with E-state index in [1.807, 2.05) is 30.3 Å². The van der Waals surface area contributed by atoms with Gasteiger partial charge >= 0.3 is 5.97 Å². The van der Waals surface area contributed by atoms with Crippen LogP contribution >= 0.6 is 0 Å². The highest BCUT2D eigenvalue weighted by Gasteiger charge is 2.07. The predicted octanol–water partition coefficient (Wildman–Crippen LogP) is 2.07. The molecule has 0 bridgehead atoms. The molecule has 0 saturated heterocycles. The van der Waals surface area contributed by atoms with Crippen LogP contribution in [0.1, 0.15) is 30.1 Å². The van der Waals surface area contributed by atoms with E-state index in [4.69, 9.17) is 9.63 Å². The molecule has 0 spiro atoms. The molecule has 1 aromatic heterocycles. The van der Waals surface area contributed by atoms with Crippen LogP contribution in [-0.2, 0) is 17.6 Å².